The normalized spacial score (nSPS) is 14.1. The van der Waals surface area contributed by atoms with Crippen LogP contribution in [0.3, 0.4) is 0 Å². The van der Waals surface area contributed by atoms with Crippen LogP contribution < -0.4 is 5.32 Å². The van der Waals surface area contributed by atoms with Crippen molar-refractivity contribution in [1.29, 1.82) is 0 Å². The van der Waals surface area contributed by atoms with E-state index in [1.807, 2.05) is 31.2 Å². The average Bonchev–Trinajstić information content (AvgIpc) is 3.49. The van der Waals surface area contributed by atoms with E-state index in [9.17, 15) is 14.4 Å². The number of aryl methyl sites for hydroxylation is 2. The minimum atomic E-state index is -1.08. The van der Waals surface area contributed by atoms with Crippen molar-refractivity contribution in [2.75, 3.05) is 12.4 Å². The summed E-state index contributed by atoms with van der Waals surface area (Å²) in [5, 5.41) is 3.27. The number of esters is 2. The van der Waals surface area contributed by atoms with Crippen LogP contribution in [-0.4, -0.2) is 41.0 Å². The molecule has 0 fully saturated rings. The summed E-state index contributed by atoms with van der Waals surface area (Å²) in [7, 11) is 1.34. The summed E-state index contributed by atoms with van der Waals surface area (Å²) in [6, 6.07) is 13.0. The fourth-order valence-electron chi connectivity index (χ4n) is 4.81. The van der Waals surface area contributed by atoms with Gasteiger partial charge in [-0.2, -0.15) is 0 Å². The number of nitrogens with one attached hydrogen (secondary N) is 2. The van der Waals surface area contributed by atoms with Crippen molar-refractivity contribution < 1.29 is 23.9 Å². The van der Waals surface area contributed by atoms with Crippen LogP contribution in [-0.2, 0) is 27.1 Å². The Morgan fingerprint density at radius 1 is 1.00 bits per heavy atom. The van der Waals surface area contributed by atoms with Gasteiger partial charge in [-0.15, -0.1) is 11.3 Å². The first-order valence-electron chi connectivity index (χ1n) is 13.2. The van der Waals surface area contributed by atoms with Crippen molar-refractivity contribution in [1.82, 2.24) is 9.97 Å². The third-order valence-corrected chi connectivity index (χ3v) is 8.20. The van der Waals surface area contributed by atoms with Crippen molar-refractivity contribution in [2.45, 2.75) is 58.5 Å². The van der Waals surface area contributed by atoms with Gasteiger partial charge in [0.25, 0.3) is 5.91 Å². The molecular formula is C30H31N3O5S. The number of hydrogen-bond acceptors (Lipinski definition) is 7. The lowest BCUT2D eigenvalue weighted by atomic mass is 9.96. The maximum Gasteiger partial charge on any atom is 0.341 e. The van der Waals surface area contributed by atoms with E-state index in [0.29, 0.717) is 27.5 Å². The second-order valence-electron chi connectivity index (χ2n) is 9.83. The van der Waals surface area contributed by atoms with E-state index in [-0.39, 0.29) is 0 Å². The number of carbonyl (C=O) groups is 3. The Bertz CT molecular complexity index is 1540. The largest absolute Gasteiger partial charge is 0.465 e. The summed E-state index contributed by atoms with van der Waals surface area (Å²) in [6.45, 7) is 3.54. The maximum absolute atomic E-state index is 13.0. The molecule has 2 heterocycles. The lowest BCUT2D eigenvalue weighted by molar-refractivity contribution is -0.123. The van der Waals surface area contributed by atoms with Gasteiger partial charge in [-0.1, -0.05) is 42.7 Å². The van der Waals surface area contributed by atoms with Crippen LogP contribution in [0.4, 0.5) is 5.00 Å². The molecule has 2 aromatic heterocycles. The SMILES string of the molecule is COC(=O)c1c(NC(=O)C(C)OC(=O)c2ccc3nc(-c4ccc(C)cc4)[nH]c3c2)sc2c1CCCCCC2. The number of rotatable bonds is 6. The molecule has 1 atom stereocenters. The first-order valence-corrected chi connectivity index (χ1v) is 14.0. The Morgan fingerprint density at radius 3 is 2.49 bits per heavy atom. The second kappa shape index (κ2) is 11.4. The van der Waals surface area contributed by atoms with Gasteiger partial charge >= 0.3 is 11.9 Å². The number of aromatic amines is 1. The van der Waals surface area contributed by atoms with E-state index < -0.39 is 23.9 Å². The molecule has 2 N–H and O–H groups in total. The van der Waals surface area contributed by atoms with Crippen molar-refractivity contribution in [3.8, 4) is 11.4 Å². The molecule has 1 aliphatic rings. The summed E-state index contributed by atoms with van der Waals surface area (Å²) >= 11 is 1.41. The molecule has 1 amide bonds. The number of imidazole rings is 1. The molecule has 4 aromatic rings. The zero-order valence-electron chi connectivity index (χ0n) is 22.3. The molecule has 0 radical (unpaired) electrons. The smallest absolute Gasteiger partial charge is 0.341 e. The molecule has 0 aliphatic heterocycles. The standard InChI is InChI=1S/C30H31N3O5S/c1-17-10-12-19(13-11-17)26-31-22-15-14-20(16-23(22)32-26)29(35)38-18(2)27(34)33-28-25(30(36)37-3)21-8-6-4-5-7-9-24(21)39-28/h10-16,18H,4-9H2,1-3H3,(H,31,32)(H,33,34). The fourth-order valence-corrected chi connectivity index (χ4v) is 6.09. The molecule has 0 saturated heterocycles. The number of methoxy groups -OCH3 is 1. The molecule has 9 heteroatoms. The number of thiophene rings is 1. The Labute approximate surface area is 230 Å². The number of hydrogen-bond donors (Lipinski definition) is 2. The molecule has 2 aromatic carbocycles. The summed E-state index contributed by atoms with van der Waals surface area (Å²) in [5.41, 5.74) is 5.19. The quantitative estimate of drug-likeness (QED) is 0.278. The molecule has 202 valence electrons. The first-order chi connectivity index (χ1) is 18.8. The molecule has 1 unspecified atom stereocenters. The lowest BCUT2D eigenvalue weighted by Crippen LogP contribution is -2.30. The van der Waals surface area contributed by atoms with E-state index in [2.05, 4.69) is 15.3 Å². The van der Waals surface area contributed by atoms with Crippen LogP contribution in [0.2, 0.25) is 0 Å². The van der Waals surface area contributed by atoms with Crippen LogP contribution in [0.25, 0.3) is 22.4 Å². The molecule has 0 spiro atoms. The number of fused-ring (bicyclic) bond motifs is 2. The van der Waals surface area contributed by atoms with E-state index in [1.165, 1.54) is 25.4 Å². The van der Waals surface area contributed by atoms with E-state index in [0.717, 1.165) is 65.6 Å². The highest BCUT2D eigenvalue weighted by Gasteiger charge is 2.28. The number of amides is 1. The highest BCUT2D eigenvalue weighted by Crippen LogP contribution is 2.37. The van der Waals surface area contributed by atoms with Gasteiger partial charge in [-0.25, -0.2) is 14.6 Å². The van der Waals surface area contributed by atoms with Crippen LogP contribution in [0, 0.1) is 6.92 Å². The van der Waals surface area contributed by atoms with Crippen LogP contribution in [0.1, 0.15) is 69.3 Å². The predicted octanol–water partition coefficient (Wildman–Crippen LogP) is 6.23. The zero-order valence-corrected chi connectivity index (χ0v) is 23.1. The van der Waals surface area contributed by atoms with Gasteiger partial charge in [-0.05, 0) is 63.3 Å². The number of benzene rings is 2. The van der Waals surface area contributed by atoms with E-state index in [4.69, 9.17) is 9.47 Å². The predicted molar refractivity (Wildman–Crippen MR) is 151 cm³/mol. The monoisotopic (exact) mass is 545 g/mol. The number of nitrogens with zero attached hydrogens (tertiary/aromatic N) is 1. The van der Waals surface area contributed by atoms with Gasteiger partial charge in [0.15, 0.2) is 6.10 Å². The molecule has 8 nitrogen and oxygen atoms in total. The molecule has 0 bridgehead atoms. The van der Waals surface area contributed by atoms with E-state index >= 15 is 0 Å². The first kappa shape index (κ1) is 26.6. The van der Waals surface area contributed by atoms with Gasteiger partial charge in [-0.3, -0.25) is 4.79 Å². The van der Waals surface area contributed by atoms with Crippen LogP contribution >= 0.6 is 11.3 Å². The van der Waals surface area contributed by atoms with Gasteiger partial charge < -0.3 is 19.8 Å². The number of aromatic nitrogens is 2. The van der Waals surface area contributed by atoms with E-state index in [1.54, 1.807) is 18.2 Å². The molecule has 5 rings (SSSR count). The molecule has 1 aliphatic carbocycles. The summed E-state index contributed by atoms with van der Waals surface area (Å²) in [4.78, 5) is 47.6. The second-order valence-corrected chi connectivity index (χ2v) is 10.9. The fraction of sp³-hybridized carbons (Fsp3) is 0.333. The van der Waals surface area contributed by atoms with Crippen LogP contribution in [0.15, 0.2) is 42.5 Å². The van der Waals surface area contributed by atoms with Gasteiger partial charge in [0, 0.05) is 10.4 Å². The summed E-state index contributed by atoms with van der Waals surface area (Å²) < 4.78 is 10.5. The maximum atomic E-state index is 13.0. The molecule has 0 saturated carbocycles. The van der Waals surface area contributed by atoms with Gasteiger partial charge in [0.05, 0.1) is 29.3 Å². The number of ether oxygens (including phenoxy) is 2. The lowest BCUT2D eigenvalue weighted by Gasteiger charge is -2.14. The minimum Gasteiger partial charge on any atom is -0.465 e. The van der Waals surface area contributed by atoms with Gasteiger partial charge in [0.2, 0.25) is 0 Å². The molecule has 39 heavy (non-hydrogen) atoms. The zero-order chi connectivity index (χ0) is 27.5. The minimum absolute atomic E-state index is 0.301. The van der Waals surface area contributed by atoms with Crippen molar-refractivity contribution in [2.24, 2.45) is 0 Å². The molecular weight excluding hydrogens is 514 g/mol. The Morgan fingerprint density at radius 2 is 1.74 bits per heavy atom. The van der Waals surface area contributed by atoms with Crippen LogP contribution in [0.5, 0.6) is 0 Å². The summed E-state index contributed by atoms with van der Waals surface area (Å²) in [6.07, 6.45) is 4.86. The number of carbonyl (C=O) groups excluding carboxylic acids is 3. The Hall–Kier alpha value is -3.98. The summed E-state index contributed by atoms with van der Waals surface area (Å²) in [5.74, 6) is -0.898. The van der Waals surface area contributed by atoms with Crippen molar-refractivity contribution in [3.63, 3.8) is 0 Å². The van der Waals surface area contributed by atoms with Crippen molar-refractivity contribution in [3.05, 3.63) is 69.6 Å². The third kappa shape index (κ3) is 5.73. The number of anilines is 1. The highest BCUT2D eigenvalue weighted by molar-refractivity contribution is 7.17. The topological polar surface area (TPSA) is 110 Å². The van der Waals surface area contributed by atoms with Crippen molar-refractivity contribution >= 4 is 45.2 Å². The third-order valence-electron chi connectivity index (χ3n) is 6.99. The Kier molecular flexibility index (Phi) is 7.79. The average molecular weight is 546 g/mol. The Balaban J connectivity index is 1.30. The number of H-pyrrole nitrogens is 1. The van der Waals surface area contributed by atoms with Gasteiger partial charge in [0.1, 0.15) is 10.8 Å². The highest BCUT2D eigenvalue weighted by atomic mass is 32.1.